The number of hydrogen-bond acceptors (Lipinski definition) is 0. The maximum absolute atomic E-state index is 4.93. The van der Waals surface area contributed by atoms with Crippen LogP contribution in [0.15, 0.2) is 146 Å². The van der Waals surface area contributed by atoms with Gasteiger partial charge in [-0.15, -0.1) is 69.1 Å². The van der Waals surface area contributed by atoms with E-state index in [1.54, 1.807) is 0 Å². The van der Waals surface area contributed by atoms with Crippen molar-refractivity contribution in [2.75, 3.05) is 0 Å². The molecule has 4 heteroatoms. The van der Waals surface area contributed by atoms with Gasteiger partial charge in [-0.2, -0.15) is 12.1 Å². The van der Waals surface area contributed by atoms with E-state index < -0.39 is 20.8 Å². The molecule has 46 heavy (non-hydrogen) atoms. The molecular weight excluding hydrogens is 695 g/mol. The van der Waals surface area contributed by atoms with Gasteiger partial charge in [0.25, 0.3) is 0 Å². The van der Waals surface area contributed by atoms with Crippen molar-refractivity contribution in [3.8, 4) is 22.3 Å². The Morgan fingerprint density at radius 3 is 1.24 bits per heavy atom. The number of hydrogen-bond donors (Lipinski definition) is 0. The molecule has 0 saturated heterocycles. The van der Waals surface area contributed by atoms with Crippen LogP contribution in [0.1, 0.15) is 11.1 Å². The van der Waals surface area contributed by atoms with Crippen LogP contribution in [-0.2, 0) is 20.8 Å². The van der Waals surface area contributed by atoms with Crippen LogP contribution < -0.4 is 0 Å². The summed E-state index contributed by atoms with van der Waals surface area (Å²) in [6.45, 7) is 8.62. The number of halogens is 2. The van der Waals surface area contributed by atoms with Crippen molar-refractivity contribution in [3.05, 3.63) is 157 Å². The van der Waals surface area contributed by atoms with E-state index in [2.05, 4.69) is 173 Å². The molecule has 0 amide bonds. The molecule has 0 aliphatic rings. The third kappa shape index (κ3) is 8.17. The standard InChI is InChI=1S/2C20H15.C2H6Si.2ClH.Zr/c2*1-14-11-17-7-4-8-19(20(17)12-14)18-10-9-15-5-2-3-6-16(15)13-18;1-3-2;;;/h2*2-13H,1H3;1-2H3;2*1H;/q2*-1;;;;+4/p-2. The fourth-order valence-electron chi connectivity index (χ4n) is 5.99. The van der Waals surface area contributed by atoms with Crippen molar-refractivity contribution in [1.82, 2.24) is 0 Å². The Balaban J connectivity index is 0.000000155. The third-order valence-electron chi connectivity index (χ3n) is 7.91. The molecule has 0 saturated carbocycles. The van der Waals surface area contributed by atoms with Gasteiger partial charge in [0, 0.05) is 9.52 Å². The Morgan fingerprint density at radius 2 is 0.848 bits per heavy atom. The van der Waals surface area contributed by atoms with Crippen molar-refractivity contribution < 1.29 is 20.8 Å². The molecule has 0 atom stereocenters. The molecule has 0 nitrogen and oxygen atoms in total. The Morgan fingerprint density at radius 1 is 0.478 bits per heavy atom. The molecule has 0 heterocycles. The van der Waals surface area contributed by atoms with Crippen LogP contribution >= 0.6 is 17.0 Å². The second kappa shape index (κ2) is 16.5. The first-order valence-electron chi connectivity index (χ1n) is 15.3. The Bertz CT molecular complexity index is 2030. The van der Waals surface area contributed by atoms with Crippen LogP contribution in [-0.4, -0.2) is 9.52 Å². The topological polar surface area (TPSA) is 0 Å². The van der Waals surface area contributed by atoms with E-state index in [9.17, 15) is 0 Å². The first kappa shape index (κ1) is 34.1. The molecule has 0 aliphatic carbocycles. The molecule has 0 N–H and O–H groups in total. The summed E-state index contributed by atoms with van der Waals surface area (Å²) in [6.07, 6.45) is 0. The SMILES string of the molecule is C[Si]C.Cc1cc2c(-c3ccc4ccccc4c3)cccc2[cH-]1.Cc1cc2c(-c3ccc4ccccc4c3)cccc2[cH-]1.[Cl][Zr+2][Cl]. The van der Waals surface area contributed by atoms with Crippen molar-refractivity contribution in [1.29, 1.82) is 0 Å². The monoisotopic (exact) mass is 728 g/mol. The summed E-state index contributed by atoms with van der Waals surface area (Å²) in [4.78, 5) is 0. The molecule has 2 radical (unpaired) electrons. The molecule has 0 aromatic heterocycles. The zero-order chi connectivity index (χ0) is 32.5. The summed E-state index contributed by atoms with van der Waals surface area (Å²) in [7, 11) is 11.0. The van der Waals surface area contributed by atoms with Crippen LogP contribution in [0.5, 0.6) is 0 Å². The van der Waals surface area contributed by atoms with Crippen molar-refractivity contribution in [2.45, 2.75) is 26.9 Å². The molecule has 8 rings (SSSR count). The normalized spacial score (nSPS) is 10.4. The quantitative estimate of drug-likeness (QED) is 0.123. The number of rotatable bonds is 2. The van der Waals surface area contributed by atoms with Crippen molar-refractivity contribution >= 4 is 69.6 Å². The molecule has 8 aromatic carbocycles. The van der Waals surface area contributed by atoms with Crippen LogP contribution in [0.2, 0.25) is 13.1 Å². The maximum atomic E-state index is 4.93. The van der Waals surface area contributed by atoms with Crippen molar-refractivity contribution in [2.24, 2.45) is 0 Å². The van der Waals surface area contributed by atoms with E-state index >= 15 is 0 Å². The number of aryl methyl sites for hydroxylation is 2. The van der Waals surface area contributed by atoms with Crippen LogP contribution in [0.4, 0.5) is 0 Å². The predicted octanol–water partition coefficient (Wildman–Crippen LogP) is 13.5. The molecule has 0 aliphatic heterocycles. The fraction of sp³-hybridized carbons (Fsp3) is 0.0952. The van der Waals surface area contributed by atoms with E-state index in [1.807, 2.05) is 0 Å². The first-order chi connectivity index (χ1) is 22.4. The van der Waals surface area contributed by atoms with Gasteiger partial charge in [0.15, 0.2) is 0 Å². The average molecular weight is 731 g/mol. The fourth-order valence-corrected chi connectivity index (χ4v) is 5.99. The van der Waals surface area contributed by atoms with E-state index in [4.69, 9.17) is 17.0 Å². The Kier molecular flexibility index (Phi) is 12.2. The summed E-state index contributed by atoms with van der Waals surface area (Å²) in [5, 5.41) is 10.5. The summed E-state index contributed by atoms with van der Waals surface area (Å²) < 4.78 is 0. The molecule has 8 aromatic rings. The van der Waals surface area contributed by atoms with E-state index in [1.165, 1.54) is 76.5 Å². The zero-order valence-corrected chi connectivity index (χ0v) is 31.6. The van der Waals surface area contributed by atoms with Gasteiger partial charge in [0.1, 0.15) is 0 Å². The molecule has 0 unspecified atom stereocenters. The molecular formula is C42H36Cl2SiZr. The first-order valence-corrected chi connectivity index (χ1v) is 23.6. The Hall–Kier alpha value is -3.26. The third-order valence-corrected chi connectivity index (χ3v) is 7.91. The van der Waals surface area contributed by atoms with E-state index in [0.29, 0.717) is 0 Å². The van der Waals surface area contributed by atoms with Crippen LogP contribution in [0, 0.1) is 13.8 Å². The van der Waals surface area contributed by atoms with Crippen molar-refractivity contribution in [3.63, 3.8) is 0 Å². The summed E-state index contributed by atoms with van der Waals surface area (Å²) in [6, 6.07) is 52.6. The second-order valence-corrected chi connectivity index (χ2v) is 16.1. The van der Waals surface area contributed by atoms with Gasteiger partial charge < -0.3 is 0 Å². The summed E-state index contributed by atoms with van der Waals surface area (Å²) >= 11 is -0.826. The minimum absolute atomic E-state index is 0.826. The van der Waals surface area contributed by atoms with Crippen LogP contribution in [0.25, 0.3) is 65.3 Å². The number of benzene rings is 6. The van der Waals surface area contributed by atoms with Gasteiger partial charge in [-0.3, -0.25) is 0 Å². The van der Waals surface area contributed by atoms with Gasteiger partial charge in [-0.25, -0.2) is 0 Å². The second-order valence-electron chi connectivity index (χ2n) is 11.4. The van der Waals surface area contributed by atoms with Crippen LogP contribution in [0.3, 0.4) is 0 Å². The van der Waals surface area contributed by atoms with Gasteiger partial charge in [-0.05, 0) is 44.8 Å². The number of fused-ring (bicyclic) bond motifs is 4. The van der Waals surface area contributed by atoms with Gasteiger partial charge >= 0.3 is 37.9 Å². The van der Waals surface area contributed by atoms with E-state index in [-0.39, 0.29) is 0 Å². The Labute approximate surface area is 294 Å². The molecule has 0 bridgehead atoms. The van der Waals surface area contributed by atoms with Gasteiger partial charge in [-0.1, -0.05) is 123 Å². The zero-order valence-electron chi connectivity index (χ0n) is 26.6. The summed E-state index contributed by atoms with van der Waals surface area (Å²) in [5.74, 6) is 0. The average Bonchev–Trinajstić information content (AvgIpc) is 3.66. The van der Waals surface area contributed by atoms with Gasteiger partial charge in [0.05, 0.1) is 0 Å². The molecule has 0 fully saturated rings. The minimum atomic E-state index is -0.826. The molecule has 0 spiro atoms. The summed E-state index contributed by atoms with van der Waals surface area (Å²) in [5.41, 5.74) is 7.88. The van der Waals surface area contributed by atoms with Gasteiger partial charge in [0.2, 0.25) is 0 Å². The predicted molar refractivity (Wildman–Crippen MR) is 204 cm³/mol. The van der Waals surface area contributed by atoms with E-state index in [0.717, 1.165) is 9.52 Å². The molecule has 226 valence electrons.